The zero-order valence-corrected chi connectivity index (χ0v) is 17.4. The quantitative estimate of drug-likeness (QED) is 0.533. The van der Waals surface area contributed by atoms with Gasteiger partial charge in [0.2, 0.25) is 0 Å². The first-order valence-corrected chi connectivity index (χ1v) is 9.64. The highest BCUT2D eigenvalue weighted by molar-refractivity contribution is 6.11. The van der Waals surface area contributed by atoms with E-state index in [4.69, 9.17) is 9.47 Å². The van der Waals surface area contributed by atoms with Gasteiger partial charge in [0.1, 0.15) is 11.5 Å². The van der Waals surface area contributed by atoms with Gasteiger partial charge in [-0.1, -0.05) is 30.3 Å². The van der Waals surface area contributed by atoms with Crippen LogP contribution in [-0.4, -0.2) is 29.9 Å². The Balaban J connectivity index is 1.88. The summed E-state index contributed by atoms with van der Waals surface area (Å²) in [6.45, 7) is 1.92. The molecule has 156 valence electrons. The van der Waals surface area contributed by atoms with Gasteiger partial charge in [-0.25, -0.2) is 0 Å². The predicted molar refractivity (Wildman–Crippen MR) is 120 cm³/mol. The SMILES string of the molecule is COc1cccc(-n2nc(C(=O)Nc3cc(C)ccc3OC)c3ccccc3c2=O)c1. The summed E-state index contributed by atoms with van der Waals surface area (Å²) >= 11 is 0. The summed E-state index contributed by atoms with van der Waals surface area (Å²) in [4.78, 5) is 26.4. The minimum Gasteiger partial charge on any atom is -0.497 e. The van der Waals surface area contributed by atoms with Gasteiger partial charge in [-0.05, 0) is 42.8 Å². The minimum absolute atomic E-state index is 0.126. The molecule has 4 aromatic rings. The summed E-state index contributed by atoms with van der Waals surface area (Å²) in [5.74, 6) is 0.663. The van der Waals surface area contributed by atoms with E-state index in [0.717, 1.165) is 5.56 Å². The normalized spacial score (nSPS) is 10.7. The van der Waals surface area contributed by atoms with Gasteiger partial charge in [-0.2, -0.15) is 9.78 Å². The van der Waals surface area contributed by atoms with Crippen LogP contribution in [0.5, 0.6) is 11.5 Å². The molecule has 0 spiro atoms. The van der Waals surface area contributed by atoms with Crippen molar-refractivity contribution in [2.45, 2.75) is 6.92 Å². The summed E-state index contributed by atoms with van der Waals surface area (Å²) in [5, 5.41) is 8.14. The number of nitrogens with zero attached hydrogens (tertiary/aromatic N) is 2. The number of amides is 1. The molecule has 7 nitrogen and oxygen atoms in total. The fourth-order valence-corrected chi connectivity index (χ4v) is 3.38. The van der Waals surface area contributed by atoms with E-state index in [2.05, 4.69) is 10.4 Å². The van der Waals surface area contributed by atoms with E-state index in [1.54, 1.807) is 61.7 Å². The molecule has 1 heterocycles. The van der Waals surface area contributed by atoms with Crippen molar-refractivity contribution in [1.82, 2.24) is 9.78 Å². The molecule has 0 radical (unpaired) electrons. The molecule has 0 saturated carbocycles. The molecule has 0 unspecified atom stereocenters. The highest BCUT2D eigenvalue weighted by atomic mass is 16.5. The molecular weight excluding hydrogens is 394 g/mol. The third-order valence-electron chi connectivity index (χ3n) is 4.92. The zero-order chi connectivity index (χ0) is 22.0. The van der Waals surface area contributed by atoms with E-state index in [1.165, 1.54) is 11.8 Å². The Kier molecular flexibility index (Phi) is 5.41. The number of fused-ring (bicyclic) bond motifs is 1. The van der Waals surface area contributed by atoms with Crippen LogP contribution in [-0.2, 0) is 0 Å². The maximum absolute atomic E-state index is 13.3. The Bertz CT molecular complexity index is 1340. The van der Waals surface area contributed by atoms with E-state index in [-0.39, 0.29) is 11.3 Å². The van der Waals surface area contributed by atoms with Crippen molar-refractivity contribution < 1.29 is 14.3 Å². The van der Waals surface area contributed by atoms with Gasteiger partial charge in [0, 0.05) is 11.5 Å². The average Bonchev–Trinajstić information content (AvgIpc) is 2.79. The van der Waals surface area contributed by atoms with E-state index in [0.29, 0.717) is 33.6 Å². The Hall–Kier alpha value is -4.13. The monoisotopic (exact) mass is 415 g/mol. The fourth-order valence-electron chi connectivity index (χ4n) is 3.38. The predicted octanol–water partition coefficient (Wildman–Crippen LogP) is 3.96. The number of aryl methyl sites for hydroxylation is 1. The highest BCUT2D eigenvalue weighted by Gasteiger charge is 2.19. The number of methoxy groups -OCH3 is 2. The van der Waals surface area contributed by atoms with Gasteiger partial charge in [-0.3, -0.25) is 9.59 Å². The Morgan fingerprint density at radius 3 is 2.45 bits per heavy atom. The first kappa shape index (κ1) is 20.2. The number of benzene rings is 3. The lowest BCUT2D eigenvalue weighted by molar-refractivity contribution is 0.102. The molecular formula is C24H21N3O4. The maximum Gasteiger partial charge on any atom is 0.279 e. The molecule has 7 heteroatoms. The van der Waals surface area contributed by atoms with Gasteiger partial charge in [-0.15, -0.1) is 0 Å². The summed E-state index contributed by atoms with van der Waals surface area (Å²) in [7, 11) is 3.08. The summed E-state index contributed by atoms with van der Waals surface area (Å²) in [5.41, 5.74) is 1.79. The van der Waals surface area contributed by atoms with Gasteiger partial charge in [0.25, 0.3) is 11.5 Å². The first-order chi connectivity index (χ1) is 15.0. The number of aromatic nitrogens is 2. The number of nitrogens with one attached hydrogen (secondary N) is 1. The molecule has 0 saturated heterocycles. The van der Waals surface area contributed by atoms with Gasteiger partial charge < -0.3 is 14.8 Å². The molecule has 1 aromatic heterocycles. The number of anilines is 1. The third kappa shape index (κ3) is 3.85. The van der Waals surface area contributed by atoms with Crippen LogP contribution in [0.2, 0.25) is 0 Å². The van der Waals surface area contributed by atoms with Crippen LogP contribution in [0.15, 0.2) is 71.5 Å². The minimum atomic E-state index is -0.447. The van der Waals surface area contributed by atoms with Crippen molar-refractivity contribution in [1.29, 1.82) is 0 Å². The number of hydrogen-bond donors (Lipinski definition) is 1. The lowest BCUT2D eigenvalue weighted by Crippen LogP contribution is -2.26. The van der Waals surface area contributed by atoms with Crippen LogP contribution < -0.4 is 20.3 Å². The van der Waals surface area contributed by atoms with Gasteiger partial charge >= 0.3 is 0 Å². The smallest absolute Gasteiger partial charge is 0.279 e. The molecule has 0 aliphatic carbocycles. The van der Waals surface area contributed by atoms with Crippen LogP contribution in [0.25, 0.3) is 16.5 Å². The topological polar surface area (TPSA) is 82.5 Å². The average molecular weight is 415 g/mol. The van der Waals surface area contributed by atoms with E-state index in [9.17, 15) is 9.59 Å². The van der Waals surface area contributed by atoms with Gasteiger partial charge in [0.05, 0.1) is 31.0 Å². The maximum atomic E-state index is 13.3. The second-order valence-corrected chi connectivity index (χ2v) is 6.97. The summed E-state index contributed by atoms with van der Waals surface area (Å²) in [6, 6.07) is 19.4. The number of carbonyl (C=O) groups excluding carboxylic acids is 1. The molecule has 1 amide bonds. The van der Waals surface area contributed by atoms with Crippen molar-refractivity contribution in [3.05, 3.63) is 88.3 Å². The van der Waals surface area contributed by atoms with E-state index >= 15 is 0 Å². The highest BCUT2D eigenvalue weighted by Crippen LogP contribution is 2.26. The summed E-state index contributed by atoms with van der Waals surface area (Å²) < 4.78 is 11.8. The van der Waals surface area contributed by atoms with Crippen LogP contribution in [0.3, 0.4) is 0 Å². The number of hydrogen-bond acceptors (Lipinski definition) is 5. The van der Waals surface area contributed by atoms with Crippen LogP contribution in [0.4, 0.5) is 5.69 Å². The van der Waals surface area contributed by atoms with Crippen molar-refractivity contribution in [2.75, 3.05) is 19.5 Å². The molecule has 3 aromatic carbocycles. The molecule has 0 fully saturated rings. The lowest BCUT2D eigenvalue weighted by atomic mass is 10.1. The van der Waals surface area contributed by atoms with Crippen molar-refractivity contribution in [3.8, 4) is 17.2 Å². The molecule has 31 heavy (non-hydrogen) atoms. The van der Waals surface area contributed by atoms with Gasteiger partial charge in [0.15, 0.2) is 5.69 Å². The van der Waals surface area contributed by atoms with Crippen molar-refractivity contribution in [3.63, 3.8) is 0 Å². The third-order valence-corrected chi connectivity index (χ3v) is 4.92. The zero-order valence-electron chi connectivity index (χ0n) is 17.4. The largest absolute Gasteiger partial charge is 0.497 e. The van der Waals surface area contributed by atoms with Crippen LogP contribution in [0, 0.1) is 6.92 Å². The number of ether oxygens (including phenoxy) is 2. The molecule has 0 aliphatic rings. The van der Waals surface area contributed by atoms with Crippen LogP contribution >= 0.6 is 0 Å². The number of rotatable bonds is 5. The van der Waals surface area contributed by atoms with E-state index < -0.39 is 5.91 Å². The van der Waals surface area contributed by atoms with E-state index in [1.807, 2.05) is 19.1 Å². The Morgan fingerprint density at radius 1 is 0.935 bits per heavy atom. The van der Waals surface area contributed by atoms with Crippen molar-refractivity contribution >= 4 is 22.4 Å². The molecule has 4 rings (SSSR count). The fraction of sp³-hybridized carbons (Fsp3) is 0.125. The summed E-state index contributed by atoms with van der Waals surface area (Å²) in [6.07, 6.45) is 0. The molecule has 0 aliphatic heterocycles. The second-order valence-electron chi connectivity index (χ2n) is 6.97. The van der Waals surface area contributed by atoms with Crippen molar-refractivity contribution in [2.24, 2.45) is 0 Å². The van der Waals surface area contributed by atoms with Crippen LogP contribution in [0.1, 0.15) is 16.1 Å². The lowest BCUT2D eigenvalue weighted by Gasteiger charge is -2.14. The first-order valence-electron chi connectivity index (χ1n) is 9.64. The molecule has 0 atom stereocenters. The molecule has 1 N–H and O–H groups in total. The standard InChI is InChI=1S/C24H21N3O4/c1-15-11-12-21(31-3)20(13-15)25-23(28)22-18-9-4-5-10-19(18)24(29)27(26-22)16-7-6-8-17(14-16)30-2/h4-14H,1-3H3,(H,25,28). The molecule has 0 bridgehead atoms. The second kappa shape index (κ2) is 8.31. The number of carbonyl (C=O) groups is 1. The Labute approximate surface area is 178 Å². The Morgan fingerprint density at radius 2 is 1.71 bits per heavy atom.